The van der Waals surface area contributed by atoms with E-state index in [-0.39, 0.29) is 35.6 Å². The molecule has 1 aromatic heterocycles. The van der Waals surface area contributed by atoms with Crippen molar-refractivity contribution in [3.05, 3.63) is 87.7 Å². The predicted molar refractivity (Wildman–Crippen MR) is 148 cm³/mol. The number of ether oxygens (including phenoxy) is 1. The number of nitro benzene ring substituents is 1. The maximum Gasteiger partial charge on any atom is 0.311 e. The van der Waals surface area contributed by atoms with Crippen LogP contribution in [0.2, 0.25) is 5.02 Å². The van der Waals surface area contributed by atoms with Crippen LogP contribution >= 0.6 is 11.6 Å². The number of benzene rings is 2. The Balaban J connectivity index is 1.52. The van der Waals surface area contributed by atoms with Crippen molar-refractivity contribution in [2.45, 2.75) is 38.1 Å². The third-order valence-electron chi connectivity index (χ3n) is 6.82. The first-order valence-corrected chi connectivity index (χ1v) is 13.1. The Hall–Kier alpha value is -4.02. The van der Waals surface area contributed by atoms with Crippen LogP contribution in [-0.2, 0) is 16.0 Å². The number of pyridine rings is 1. The van der Waals surface area contributed by atoms with E-state index in [1.807, 2.05) is 0 Å². The number of carbonyl (C=O) groups is 2. The molecular formula is C28H30ClN5O5. The quantitative estimate of drug-likeness (QED) is 0.240. The molecule has 0 aliphatic heterocycles. The Labute approximate surface area is 231 Å². The molecule has 10 nitrogen and oxygen atoms in total. The summed E-state index contributed by atoms with van der Waals surface area (Å²) in [5.41, 5.74) is 6.81. The highest BCUT2D eigenvalue weighted by Crippen LogP contribution is 2.34. The van der Waals surface area contributed by atoms with E-state index in [2.05, 4.69) is 15.6 Å². The van der Waals surface area contributed by atoms with Gasteiger partial charge >= 0.3 is 5.69 Å². The number of nitro groups is 1. The van der Waals surface area contributed by atoms with Crippen LogP contribution in [0.1, 0.15) is 31.2 Å². The first-order valence-electron chi connectivity index (χ1n) is 12.7. The Kier molecular flexibility index (Phi) is 9.45. The van der Waals surface area contributed by atoms with Gasteiger partial charge in [-0.3, -0.25) is 24.7 Å². The molecule has 11 heteroatoms. The molecule has 4 N–H and O–H groups in total. The number of nitrogens with two attached hydrogens (primary N) is 1. The van der Waals surface area contributed by atoms with Crippen molar-refractivity contribution in [3.8, 4) is 11.5 Å². The normalized spacial score (nSPS) is 17.6. The number of nitrogens with zero attached hydrogens (tertiary/aromatic N) is 2. The van der Waals surface area contributed by atoms with E-state index in [1.54, 1.807) is 48.8 Å². The Morgan fingerprint density at radius 1 is 1.10 bits per heavy atom. The van der Waals surface area contributed by atoms with E-state index < -0.39 is 11.0 Å². The number of nitrogens with one attached hydrogen (secondary N) is 2. The molecule has 4 rings (SSSR count). The summed E-state index contributed by atoms with van der Waals surface area (Å²) in [6.07, 6.45) is 6.54. The SMILES string of the molecule is NCC1CCC(C(=O)NC(Cc2cccc(Oc3cc(Cl)ccc3[N+](=O)[O-])c2)C(=O)Nc2ccncc2)CC1. The maximum absolute atomic E-state index is 13.3. The van der Waals surface area contributed by atoms with Crippen molar-refractivity contribution in [1.29, 1.82) is 0 Å². The average molecular weight is 552 g/mol. The molecule has 1 saturated carbocycles. The summed E-state index contributed by atoms with van der Waals surface area (Å²) in [7, 11) is 0. The third kappa shape index (κ3) is 7.75. The van der Waals surface area contributed by atoms with Gasteiger partial charge in [-0.1, -0.05) is 23.7 Å². The number of hydrogen-bond acceptors (Lipinski definition) is 7. The number of amides is 2. The first kappa shape index (κ1) is 28.0. The van der Waals surface area contributed by atoms with E-state index >= 15 is 0 Å². The lowest BCUT2D eigenvalue weighted by molar-refractivity contribution is -0.385. The molecule has 204 valence electrons. The van der Waals surface area contributed by atoms with Gasteiger partial charge in [0.05, 0.1) is 4.92 Å². The van der Waals surface area contributed by atoms with Crippen LogP contribution < -0.4 is 21.1 Å². The Morgan fingerprint density at radius 3 is 2.54 bits per heavy atom. The molecule has 0 saturated heterocycles. The van der Waals surface area contributed by atoms with Crippen LogP contribution in [0.4, 0.5) is 11.4 Å². The van der Waals surface area contributed by atoms with Gasteiger partial charge in [0.2, 0.25) is 17.6 Å². The van der Waals surface area contributed by atoms with Crippen molar-refractivity contribution in [2.75, 3.05) is 11.9 Å². The third-order valence-corrected chi connectivity index (χ3v) is 7.05. The van der Waals surface area contributed by atoms with Gasteiger partial charge < -0.3 is 21.1 Å². The molecule has 1 unspecified atom stereocenters. The topological polar surface area (TPSA) is 149 Å². The summed E-state index contributed by atoms with van der Waals surface area (Å²) in [5.74, 6) is 0.0416. The number of rotatable bonds is 10. The molecule has 3 aromatic rings. The molecule has 1 atom stereocenters. The number of aromatic nitrogens is 1. The van der Waals surface area contributed by atoms with Gasteiger partial charge in [0.25, 0.3) is 0 Å². The molecule has 39 heavy (non-hydrogen) atoms. The smallest absolute Gasteiger partial charge is 0.311 e. The minimum absolute atomic E-state index is 0.00184. The lowest BCUT2D eigenvalue weighted by atomic mass is 9.81. The molecule has 1 heterocycles. The lowest BCUT2D eigenvalue weighted by Gasteiger charge is -2.28. The summed E-state index contributed by atoms with van der Waals surface area (Å²) in [5, 5.41) is 17.5. The summed E-state index contributed by atoms with van der Waals surface area (Å²) in [4.78, 5) is 41.3. The number of halogens is 1. The second-order valence-corrected chi connectivity index (χ2v) is 10.00. The zero-order valence-electron chi connectivity index (χ0n) is 21.2. The molecule has 0 radical (unpaired) electrons. The highest BCUT2D eigenvalue weighted by atomic mass is 35.5. The molecule has 1 aliphatic rings. The summed E-state index contributed by atoms with van der Waals surface area (Å²) in [6, 6.07) is 13.4. The number of carbonyl (C=O) groups excluding carboxylic acids is 2. The summed E-state index contributed by atoms with van der Waals surface area (Å²) in [6.45, 7) is 0.613. The van der Waals surface area contributed by atoms with Crippen LogP contribution in [0.5, 0.6) is 11.5 Å². The van der Waals surface area contributed by atoms with Gasteiger partial charge in [-0.2, -0.15) is 0 Å². The van der Waals surface area contributed by atoms with Crippen molar-refractivity contribution >= 4 is 34.8 Å². The molecule has 1 aliphatic carbocycles. The average Bonchev–Trinajstić information content (AvgIpc) is 2.93. The molecule has 1 fully saturated rings. The monoisotopic (exact) mass is 551 g/mol. The van der Waals surface area contributed by atoms with Crippen molar-refractivity contribution in [3.63, 3.8) is 0 Å². The highest BCUT2D eigenvalue weighted by Gasteiger charge is 2.29. The Morgan fingerprint density at radius 2 is 1.85 bits per heavy atom. The van der Waals surface area contributed by atoms with Gasteiger partial charge in [0, 0.05) is 47.6 Å². The van der Waals surface area contributed by atoms with Crippen LogP contribution in [-0.4, -0.2) is 34.3 Å². The van der Waals surface area contributed by atoms with E-state index in [4.69, 9.17) is 22.1 Å². The molecule has 0 spiro atoms. The fourth-order valence-corrected chi connectivity index (χ4v) is 4.81. The molecule has 0 bridgehead atoms. The number of anilines is 1. The van der Waals surface area contributed by atoms with E-state index in [0.717, 1.165) is 25.7 Å². The van der Waals surface area contributed by atoms with Gasteiger partial charge in [-0.15, -0.1) is 0 Å². The zero-order valence-corrected chi connectivity index (χ0v) is 22.0. The van der Waals surface area contributed by atoms with E-state index in [0.29, 0.717) is 34.5 Å². The van der Waals surface area contributed by atoms with E-state index in [1.165, 1.54) is 18.2 Å². The summed E-state index contributed by atoms with van der Waals surface area (Å²) >= 11 is 6.02. The first-order chi connectivity index (χ1) is 18.8. The van der Waals surface area contributed by atoms with Crippen LogP contribution in [0.25, 0.3) is 0 Å². The fraction of sp³-hybridized carbons (Fsp3) is 0.321. The van der Waals surface area contributed by atoms with Gasteiger partial charge in [0.15, 0.2) is 0 Å². The van der Waals surface area contributed by atoms with Crippen LogP contribution in [0.3, 0.4) is 0 Å². The molecular weight excluding hydrogens is 522 g/mol. The lowest BCUT2D eigenvalue weighted by Crippen LogP contribution is -2.48. The molecule has 2 aromatic carbocycles. The summed E-state index contributed by atoms with van der Waals surface area (Å²) < 4.78 is 5.80. The largest absolute Gasteiger partial charge is 0.450 e. The molecule has 2 amide bonds. The van der Waals surface area contributed by atoms with Crippen molar-refractivity contribution < 1.29 is 19.2 Å². The fourth-order valence-electron chi connectivity index (χ4n) is 4.64. The maximum atomic E-state index is 13.3. The predicted octanol–water partition coefficient (Wildman–Crippen LogP) is 4.87. The van der Waals surface area contributed by atoms with Crippen molar-refractivity contribution in [1.82, 2.24) is 10.3 Å². The van der Waals surface area contributed by atoms with Crippen LogP contribution in [0, 0.1) is 22.0 Å². The standard InChI is InChI=1S/C28H30ClN5O5/c29-21-8-9-25(34(37)38)26(16-21)39-23-3-1-2-19(14-23)15-24(28(36)32-22-10-12-31-13-11-22)33-27(35)20-6-4-18(17-30)5-7-20/h1-3,8-14,16,18,20,24H,4-7,15,17,30H2,(H,33,35)(H,31,32,36). The minimum atomic E-state index is -0.867. The van der Waals surface area contributed by atoms with Gasteiger partial charge in [-0.25, -0.2) is 0 Å². The van der Waals surface area contributed by atoms with Crippen molar-refractivity contribution in [2.24, 2.45) is 17.6 Å². The second kappa shape index (κ2) is 13.2. The van der Waals surface area contributed by atoms with E-state index in [9.17, 15) is 19.7 Å². The van der Waals surface area contributed by atoms with Gasteiger partial charge in [-0.05, 0) is 74.0 Å². The highest BCUT2D eigenvalue weighted by molar-refractivity contribution is 6.30. The second-order valence-electron chi connectivity index (χ2n) is 9.56. The minimum Gasteiger partial charge on any atom is -0.450 e. The number of hydrogen-bond donors (Lipinski definition) is 3. The van der Waals surface area contributed by atoms with Crippen LogP contribution in [0.15, 0.2) is 67.0 Å². The zero-order chi connectivity index (χ0) is 27.8. The Bertz CT molecular complexity index is 1310. The van der Waals surface area contributed by atoms with Gasteiger partial charge in [0.1, 0.15) is 11.8 Å².